The van der Waals surface area contributed by atoms with E-state index in [0.717, 1.165) is 11.1 Å². The summed E-state index contributed by atoms with van der Waals surface area (Å²) < 4.78 is 4.94. The monoisotopic (exact) mass is 382 g/mol. The van der Waals surface area contributed by atoms with Crippen LogP contribution in [0.5, 0.6) is 0 Å². The smallest absolute Gasteiger partial charge is 0.307 e. The molecule has 1 aromatic heterocycles. The Morgan fingerprint density at radius 1 is 1.04 bits per heavy atom. The highest BCUT2D eigenvalue weighted by Crippen LogP contribution is 2.11. The first-order valence-electron chi connectivity index (χ1n) is 9.41. The van der Waals surface area contributed by atoms with Gasteiger partial charge in [0, 0.05) is 43.9 Å². The van der Waals surface area contributed by atoms with Crippen LogP contribution in [-0.2, 0) is 20.9 Å². The SMILES string of the molecule is CCOC(=O)CCN(Cc1cccnc1)C(=O)CCC(=O)c1ccc(C)cc1. The van der Waals surface area contributed by atoms with Crippen LogP contribution in [0.2, 0.25) is 0 Å². The van der Waals surface area contributed by atoms with Crippen molar-refractivity contribution in [3.05, 3.63) is 65.5 Å². The lowest BCUT2D eigenvalue weighted by Gasteiger charge is -2.22. The zero-order valence-electron chi connectivity index (χ0n) is 16.4. The highest BCUT2D eigenvalue weighted by atomic mass is 16.5. The van der Waals surface area contributed by atoms with Crippen molar-refractivity contribution in [2.24, 2.45) is 0 Å². The number of pyridine rings is 1. The number of ketones is 1. The second-order valence-corrected chi connectivity index (χ2v) is 6.52. The number of ether oxygens (including phenoxy) is 1. The van der Waals surface area contributed by atoms with Gasteiger partial charge in [-0.3, -0.25) is 19.4 Å². The Kier molecular flexibility index (Phi) is 8.34. The highest BCUT2D eigenvalue weighted by Gasteiger charge is 2.18. The first kappa shape index (κ1) is 21.3. The van der Waals surface area contributed by atoms with Crippen molar-refractivity contribution in [3.63, 3.8) is 0 Å². The molecule has 0 saturated carbocycles. The molecule has 6 nitrogen and oxygen atoms in total. The van der Waals surface area contributed by atoms with E-state index in [4.69, 9.17) is 4.74 Å². The highest BCUT2D eigenvalue weighted by molar-refractivity contribution is 5.98. The number of benzene rings is 1. The van der Waals surface area contributed by atoms with E-state index >= 15 is 0 Å². The number of carbonyl (C=O) groups is 3. The van der Waals surface area contributed by atoms with Crippen molar-refractivity contribution in [2.45, 2.75) is 39.7 Å². The maximum Gasteiger partial charge on any atom is 0.307 e. The van der Waals surface area contributed by atoms with E-state index in [1.165, 1.54) is 0 Å². The summed E-state index contributed by atoms with van der Waals surface area (Å²) in [6.07, 6.45) is 3.68. The fourth-order valence-corrected chi connectivity index (χ4v) is 2.73. The molecule has 0 bridgehead atoms. The average molecular weight is 382 g/mol. The van der Waals surface area contributed by atoms with Crippen LogP contribution >= 0.6 is 0 Å². The molecule has 1 amide bonds. The summed E-state index contributed by atoms with van der Waals surface area (Å²) in [5.74, 6) is -0.587. The van der Waals surface area contributed by atoms with Crippen LogP contribution in [0.25, 0.3) is 0 Å². The Labute approximate surface area is 165 Å². The molecule has 0 aliphatic heterocycles. The number of hydrogen-bond acceptors (Lipinski definition) is 5. The van der Waals surface area contributed by atoms with Gasteiger partial charge in [-0.2, -0.15) is 0 Å². The van der Waals surface area contributed by atoms with E-state index in [9.17, 15) is 14.4 Å². The Morgan fingerprint density at radius 3 is 2.43 bits per heavy atom. The Balaban J connectivity index is 1.97. The normalized spacial score (nSPS) is 10.4. The molecule has 1 aromatic carbocycles. The third-order valence-electron chi connectivity index (χ3n) is 4.28. The fraction of sp³-hybridized carbons (Fsp3) is 0.364. The second-order valence-electron chi connectivity index (χ2n) is 6.52. The molecule has 2 aromatic rings. The molecule has 0 saturated heterocycles. The largest absolute Gasteiger partial charge is 0.466 e. The van der Waals surface area contributed by atoms with Gasteiger partial charge in [0.2, 0.25) is 5.91 Å². The molecule has 0 fully saturated rings. The van der Waals surface area contributed by atoms with Crippen LogP contribution < -0.4 is 0 Å². The van der Waals surface area contributed by atoms with E-state index < -0.39 is 0 Å². The molecule has 0 aliphatic rings. The number of aromatic nitrogens is 1. The number of Topliss-reactive ketones (excluding diaryl/α,β-unsaturated/α-hetero) is 1. The lowest BCUT2D eigenvalue weighted by Crippen LogP contribution is -2.33. The molecule has 0 N–H and O–H groups in total. The number of aryl methyl sites for hydroxylation is 1. The molecule has 2 rings (SSSR count). The van der Waals surface area contributed by atoms with Crippen molar-refractivity contribution in [2.75, 3.05) is 13.2 Å². The van der Waals surface area contributed by atoms with Crippen molar-refractivity contribution >= 4 is 17.7 Å². The molecule has 1 heterocycles. The van der Waals surface area contributed by atoms with Crippen LogP contribution in [0, 0.1) is 6.92 Å². The van der Waals surface area contributed by atoms with Gasteiger partial charge in [-0.05, 0) is 25.5 Å². The van der Waals surface area contributed by atoms with E-state index in [1.54, 1.807) is 42.4 Å². The van der Waals surface area contributed by atoms with Gasteiger partial charge in [-0.25, -0.2) is 0 Å². The van der Waals surface area contributed by atoms with E-state index in [0.29, 0.717) is 18.7 Å². The van der Waals surface area contributed by atoms with Crippen molar-refractivity contribution < 1.29 is 19.1 Å². The lowest BCUT2D eigenvalue weighted by molar-refractivity contribution is -0.144. The molecule has 6 heteroatoms. The fourth-order valence-electron chi connectivity index (χ4n) is 2.73. The molecule has 0 atom stereocenters. The predicted octanol–water partition coefficient (Wildman–Crippen LogP) is 3.33. The number of rotatable bonds is 10. The van der Waals surface area contributed by atoms with Gasteiger partial charge in [0.05, 0.1) is 13.0 Å². The summed E-state index contributed by atoms with van der Waals surface area (Å²) >= 11 is 0. The maximum atomic E-state index is 12.7. The van der Waals surface area contributed by atoms with Crippen LogP contribution in [0.4, 0.5) is 0 Å². The summed E-state index contributed by atoms with van der Waals surface area (Å²) in [6.45, 7) is 4.58. The van der Waals surface area contributed by atoms with Crippen LogP contribution in [-0.4, -0.2) is 40.7 Å². The minimum Gasteiger partial charge on any atom is -0.466 e. The molecule has 0 spiro atoms. The topological polar surface area (TPSA) is 76.6 Å². The van der Waals surface area contributed by atoms with Crippen LogP contribution in [0.1, 0.15) is 47.7 Å². The lowest BCUT2D eigenvalue weighted by atomic mass is 10.0. The Morgan fingerprint density at radius 2 is 1.79 bits per heavy atom. The molecule has 0 aliphatic carbocycles. The van der Waals surface area contributed by atoms with E-state index in [1.807, 2.05) is 25.1 Å². The van der Waals surface area contributed by atoms with Crippen molar-refractivity contribution in [1.29, 1.82) is 0 Å². The van der Waals surface area contributed by atoms with Crippen LogP contribution in [0.15, 0.2) is 48.8 Å². The number of hydrogen-bond donors (Lipinski definition) is 0. The first-order chi connectivity index (χ1) is 13.5. The number of carbonyl (C=O) groups excluding carboxylic acids is 3. The zero-order chi connectivity index (χ0) is 20.4. The van der Waals surface area contributed by atoms with E-state index in [2.05, 4.69) is 4.98 Å². The third-order valence-corrected chi connectivity index (χ3v) is 4.28. The summed E-state index contributed by atoms with van der Waals surface area (Å²) in [6, 6.07) is 11.0. The van der Waals surface area contributed by atoms with Gasteiger partial charge in [0.25, 0.3) is 0 Å². The van der Waals surface area contributed by atoms with Crippen molar-refractivity contribution in [1.82, 2.24) is 9.88 Å². The van der Waals surface area contributed by atoms with Gasteiger partial charge < -0.3 is 9.64 Å². The van der Waals surface area contributed by atoms with Gasteiger partial charge in [-0.1, -0.05) is 35.9 Å². The molecular formula is C22H26N2O4. The number of esters is 1. The summed E-state index contributed by atoms with van der Waals surface area (Å²) in [5.41, 5.74) is 2.54. The van der Waals surface area contributed by atoms with Gasteiger partial charge in [0.15, 0.2) is 5.78 Å². The predicted molar refractivity (Wildman–Crippen MR) is 106 cm³/mol. The second kappa shape index (κ2) is 11.0. The summed E-state index contributed by atoms with van der Waals surface area (Å²) in [7, 11) is 0. The summed E-state index contributed by atoms with van der Waals surface area (Å²) in [4.78, 5) is 42.4. The van der Waals surface area contributed by atoms with Crippen molar-refractivity contribution in [3.8, 4) is 0 Å². The molecule has 0 radical (unpaired) electrons. The third kappa shape index (κ3) is 6.95. The standard InChI is InChI=1S/C22H26N2O4/c1-3-28-22(27)12-14-24(16-18-5-4-13-23-15-18)21(26)11-10-20(25)19-8-6-17(2)7-9-19/h4-9,13,15H,3,10-12,14,16H2,1-2H3. The van der Waals surface area contributed by atoms with Gasteiger partial charge in [-0.15, -0.1) is 0 Å². The molecular weight excluding hydrogens is 356 g/mol. The molecule has 28 heavy (non-hydrogen) atoms. The number of amides is 1. The average Bonchev–Trinajstić information content (AvgIpc) is 2.70. The minimum absolute atomic E-state index is 0.0694. The molecule has 148 valence electrons. The first-order valence-corrected chi connectivity index (χ1v) is 9.41. The quantitative estimate of drug-likeness (QED) is 0.465. The maximum absolute atomic E-state index is 12.7. The van der Waals surface area contributed by atoms with Gasteiger partial charge >= 0.3 is 5.97 Å². The number of nitrogens with zero attached hydrogens (tertiary/aromatic N) is 2. The molecule has 0 unspecified atom stereocenters. The summed E-state index contributed by atoms with van der Waals surface area (Å²) in [5, 5.41) is 0. The minimum atomic E-state index is -0.345. The van der Waals surface area contributed by atoms with E-state index in [-0.39, 0.29) is 43.5 Å². The zero-order valence-corrected chi connectivity index (χ0v) is 16.4. The van der Waals surface area contributed by atoms with Gasteiger partial charge in [0.1, 0.15) is 0 Å². The Bertz CT molecular complexity index is 788. The Hall–Kier alpha value is -3.02. The van der Waals surface area contributed by atoms with Crippen LogP contribution in [0.3, 0.4) is 0 Å².